The third-order valence-corrected chi connectivity index (χ3v) is 0. The van der Waals surface area contributed by atoms with Crippen molar-refractivity contribution in [2.24, 2.45) is 0 Å². The number of nitrogens with zero attached hydrogens (tertiary/aromatic N) is 6. The Balaban J connectivity index is -0.0000000400. The summed E-state index contributed by atoms with van der Waals surface area (Å²) in [5.74, 6) is 0. The average Bonchev–Trinajstić information content (AvgIpc) is 1.39. The zero-order chi connectivity index (χ0) is 5.41. The molecule has 40 valence electrons. The van der Waals surface area contributed by atoms with E-state index < -0.39 is 0 Å². The van der Waals surface area contributed by atoms with Gasteiger partial charge in [0.15, 0.2) is 0 Å². The van der Waals surface area contributed by atoms with Gasteiger partial charge in [0.1, 0.15) is 0 Å². The molecule has 0 heterocycles. The minimum absolute atomic E-state index is 0. The van der Waals surface area contributed by atoms with Crippen LogP contribution in [0.3, 0.4) is 0 Å². The minimum atomic E-state index is 0. The van der Waals surface area contributed by atoms with Crippen LogP contribution in [0.15, 0.2) is 0 Å². The molecule has 0 bridgehead atoms. The van der Waals surface area contributed by atoms with Crippen LogP contribution in [0.1, 0.15) is 0 Å². The van der Waals surface area contributed by atoms with Crippen molar-refractivity contribution in [3.05, 3.63) is 31.9 Å². The highest BCUT2D eigenvalue weighted by molar-refractivity contribution is 4.36. The van der Waals surface area contributed by atoms with Gasteiger partial charge >= 0.3 is 0 Å². The number of hydrogen-bond donors (Lipinski definition) is 1. The molecule has 7 heteroatoms. The molecule has 0 aromatic carbocycles. The first-order valence-corrected chi connectivity index (χ1v) is 0.800. The molecule has 7 nitrogen and oxygen atoms in total. The highest BCUT2D eigenvalue weighted by Crippen LogP contribution is 1.29. The average molecular weight is 101 g/mol. The van der Waals surface area contributed by atoms with Crippen molar-refractivity contribution >= 4 is 0 Å². The third-order valence-electron chi connectivity index (χ3n) is 0. The Morgan fingerprint density at radius 3 is 0.714 bits per heavy atom. The lowest BCUT2D eigenvalue weighted by atomic mass is 13.0. The second kappa shape index (κ2) is 174. The first-order chi connectivity index (χ1) is 2.83. The summed E-state index contributed by atoms with van der Waals surface area (Å²) in [6.07, 6.45) is 0. The van der Waals surface area contributed by atoms with Crippen molar-refractivity contribution in [1.29, 1.82) is 0 Å². The largest absolute Gasteiger partial charge is 0.373 e. The molecule has 3 N–H and O–H groups in total. The van der Waals surface area contributed by atoms with Gasteiger partial charge in [0, 0.05) is 0 Å². The van der Waals surface area contributed by atoms with Crippen molar-refractivity contribution in [1.82, 2.24) is 6.15 Å². The topological polar surface area (TPSA) is 152 Å². The molecule has 0 unspecified atom stereocenters. The van der Waals surface area contributed by atoms with Crippen molar-refractivity contribution in [3.8, 4) is 0 Å². The molecule has 0 aliphatic carbocycles. The van der Waals surface area contributed by atoms with Crippen LogP contribution >= 0.6 is 0 Å². The molecule has 0 saturated carbocycles. The Bertz CT molecular complexity index is 54.0. The third kappa shape index (κ3) is 15.1. The SMILES string of the molecule is N.[N-]=[N+]=[N-].[N-]=[N+]=[N-]. The Labute approximate surface area is 39.4 Å². The molecule has 0 aliphatic rings. The highest BCUT2D eigenvalue weighted by Gasteiger charge is 0.691. The smallest absolute Gasteiger partial charge is 0.255 e. The summed E-state index contributed by atoms with van der Waals surface area (Å²) in [5, 5.41) is 0. The van der Waals surface area contributed by atoms with E-state index in [4.69, 9.17) is 22.1 Å². The van der Waals surface area contributed by atoms with Crippen LogP contribution in [0.25, 0.3) is 31.9 Å². The molecule has 0 amide bonds. The molecule has 0 radical (unpaired) electrons. The van der Waals surface area contributed by atoms with Crippen LogP contribution in [-0.4, -0.2) is 0 Å². The zero-order valence-corrected chi connectivity index (χ0v) is 3.39. The van der Waals surface area contributed by atoms with Gasteiger partial charge < -0.3 is 28.3 Å². The fourth-order valence-corrected chi connectivity index (χ4v) is 0. The summed E-state index contributed by atoms with van der Waals surface area (Å²) in [6.45, 7) is 0. The van der Waals surface area contributed by atoms with E-state index in [1.165, 1.54) is 9.82 Å². The van der Waals surface area contributed by atoms with Crippen molar-refractivity contribution < 1.29 is 0 Å². The normalized spacial score (nSPS) is 2.29. The lowest BCUT2D eigenvalue weighted by Crippen LogP contribution is -0.711. The van der Waals surface area contributed by atoms with Crippen LogP contribution in [0.4, 0.5) is 0 Å². The first-order valence-electron chi connectivity index (χ1n) is 0.800. The van der Waals surface area contributed by atoms with Gasteiger partial charge in [0.2, 0.25) is 0 Å². The molecule has 0 spiro atoms. The van der Waals surface area contributed by atoms with Gasteiger partial charge in [-0.3, -0.25) is 9.82 Å². The van der Waals surface area contributed by atoms with Gasteiger partial charge in [-0.25, -0.2) is 0 Å². The van der Waals surface area contributed by atoms with Crippen LogP contribution < -0.4 is 6.15 Å². The summed E-state index contributed by atoms with van der Waals surface area (Å²) < 4.78 is 0. The lowest BCUT2D eigenvalue weighted by Gasteiger charge is -1.32. The van der Waals surface area contributed by atoms with E-state index >= 15 is 0 Å². The Kier molecular flexibility index (Phi) is 438. The van der Waals surface area contributed by atoms with Crippen molar-refractivity contribution in [3.63, 3.8) is 0 Å². The van der Waals surface area contributed by atoms with Gasteiger partial charge in [0.05, 0.1) is 0 Å². The van der Waals surface area contributed by atoms with E-state index in [9.17, 15) is 0 Å². The maximum absolute atomic E-state index is 6.75. The molecule has 0 fully saturated rings. The predicted octanol–water partition coefficient (Wildman–Crippen LogP) is 1.89. The Morgan fingerprint density at radius 1 is 0.714 bits per heavy atom. The van der Waals surface area contributed by atoms with Gasteiger partial charge in [-0.2, -0.15) is 0 Å². The first kappa shape index (κ1) is 17.6. The lowest BCUT2D eigenvalue weighted by molar-refractivity contribution is 2.13. The maximum atomic E-state index is 6.75. The van der Waals surface area contributed by atoms with E-state index in [1.54, 1.807) is 0 Å². The monoisotopic (exact) mass is 101 g/mol. The van der Waals surface area contributed by atoms with E-state index in [1.807, 2.05) is 0 Å². The van der Waals surface area contributed by atoms with E-state index in [0.717, 1.165) is 0 Å². The fraction of sp³-hybridized carbons (Fsp3) is 0. The second-order valence-electron chi connectivity index (χ2n) is 0.179. The number of hydrogen-bond acceptors (Lipinski definition) is 1. The molecule has 0 aromatic heterocycles. The summed E-state index contributed by atoms with van der Waals surface area (Å²) in [4.78, 5) is 3.00. The Morgan fingerprint density at radius 2 is 0.714 bits per heavy atom. The van der Waals surface area contributed by atoms with Crippen LogP contribution in [-0.2, 0) is 0 Å². The summed E-state index contributed by atoms with van der Waals surface area (Å²) >= 11 is 0. The molecule has 0 aromatic rings. The predicted molar refractivity (Wildman–Crippen MR) is 25.2 cm³/mol. The molecule has 0 rings (SSSR count). The van der Waals surface area contributed by atoms with Crippen LogP contribution in [0, 0.1) is 0 Å². The van der Waals surface area contributed by atoms with E-state index in [0.29, 0.717) is 0 Å². The summed E-state index contributed by atoms with van der Waals surface area (Å²) in [5.41, 5.74) is 27.0. The molecular weight excluding hydrogens is 98.0 g/mol. The van der Waals surface area contributed by atoms with Crippen LogP contribution in [0.2, 0.25) is 0 Å². The highest BCUT2D eigenvalue weighted by atomic mass is 15.0. The number of rotatable bonds is 0. The standard InChI is InChI=1S/2N3.H3N/c2*1-3-2;/h;;1H3/q2*-1;. The van der Waals surface area contributed by atoms with Crippen LogP contribution in [0.5, 0.6) is 0 Å². The molecule has 0 saturated heterocycles. The van der Waals surface area contributed by atoms with Gasteiger partial charge in [0.25, 0.3) is 0 Å². The minimum Gasteiger partial charge on any atom is -0.373 e. The van der Waals surface area contributed by atoms with Crippen molar-refractivity contribution in [2.45, 2.75) is 0 Å². The quantitative estimate of drug-likeness (QED) is 0.276. The van der Waals surface area contributed by atoms with Crippen molar-refractivity contribution in [2.75, 3.05) is 0 Å². The van der Waals surface area contributed by atoms with Gasteiger partial charge in [-0.1, -0.05) is 0 Å². The molecule has 0 atom stereocenters. The van der Waals surface area contributed by atoms with E-state index in [-0.39, 0.29) is 6.15 Å². The Hall–Kier alpha value is -1.42. The molecule has 0 aliphatic heterocycles. The van der Waals surface area contributed by atoms with Gasteiger partial charge in [-0.05, 0) is 0 Å². The fourth-order valence-electron chi connectivity index (χ4n) is 0. The molecular formula is H3N7-2. The zero-order valence-electron chi connectivity index (χ0n) is 3.39. The molecule has 7 heavy (non-hydrogen) atoms. The summed E-state index contributed by atoms with van der Waals surface area (Å²) in [6, 6.07) is 0. The van der Waals surface area contributed by atoms with E-state index in [2.05, 4.69) is 0 Å². The summed E-state index contributed by atoms with van der Waals surface area (Å²) in [7, 11) is 0. The van der Waals surface area contributed by atoms with Gasteiger partial charge in [-0.15, -0.1) is 0 Å². The second-order valence-corrected chi connectivity index (χ2v) is 0.179. The maximum Gasteiger partial charge on any atom is -0.255 e.